The van der Waals surface area contributed by atoms with Crippen LogP contribution in [-0.2, 0) is 4.74 Å². The summed E-state index contributed by atoms with van der Waals surface area (Å²) in [5.41, 5.74) is 4.62. The summed E-state index contributed by atoms with van der Waals surface area (Å²) in [4.78, 5) is 13.7. The highest BCUT2D eigenvalue weighted by atomic mass is 32.2. The molecule has 0 radical (unpaired) electrons. The van der Waals surface area contributed by atoms with Crippen LogP contribution in [-0.4, -0.2) is 57.4 Å². The molecule has 2 saturated heterocycles. The lowest BCUT2D eigenvalue weighted by Crippen LogP contribution is -2.66. The highest BCUT2D eigenvalue weighted by molar-refractivity contribution is 7.99. The van der Waals surface area contributed by atoms with Crippen molar-refractivity contribution in [3.05, 3.63) is 0 Å². The van der Waals surface area contributed by atoms with Gasteiger partial charge in [0, 0.05) is 18.8 Å². The molecular formula is C15H28N2O3S. The first-order valence-electron chi connectivity index (χ1n) is 7.72. The van der Waals surface area contributed by atoms with E-state index in [2.05, 4.69) is 0 Å². The van der Waals surface area contributed by atoms with Crippen LogP contribution in [0.25, 0.3) is 0 Å². The normalized spacial score (nSPS) is 30.0. The van der Waals surface area contributed by atoms with Crippen molar-refractivity contribution in [3.8, 4) is 0 Å². The Morgan fingerprint density at radius 3 is 2.38 bits per heavy atom. The van der Waals surface area contributed by atoms with Crippen molar-refractivity contribution in [1.82, 2.24) is 4.90 Å². The first-order valence-corrected chi connectivity index (χ1v) is 8.88. The number of amides is 1. The van der Waals surface area contributed by atoms with Gasteiger partial charge in [-0.05, 0) is 52.2 Å². The van der Waals surface area contributed by atoms with Crippen molar-refractivity contribution >= 4 is 17.9 Å². The summed E-state index contributed by atoms with van der Waals surface area (Å²) >= 11 is 1.82. The molecule has 1 unspecified atom stereocenters. The van der Waals surface area contributed by atoms with Crippen LogP contribution in [0, 0.1) is 0 Å². The molecule has 0 spiro atoms. The molecular weight excluding hydrogens is 288 g/mol. The third kappa shape index (κ3) is 3.85. The molecule has 21 heavy (non-hydrogen) atoms. The van der Waals surface area contributed by atoms with Crippen molar-refractivity contribution < 1.29 is 14.6 Å². The SMILES string of the molecule is CC(C)(C)OC(=O)N1CCC(O)(C2(N)CCCSC2)CC1. The highest BCUT2D eigenvalue weighted by Gasteiger charge is 2.50. The summed E-state index contributed by atoms with van der Waals surface area (Å²) in [7, 11) is 0. The van der Waals surface area contributed by atoms with E-state index in [1.807, 2.05) is 32.5 Å². The molecule has 3 N–H and O–H groups in total. The number of likely N-dealkylation sites (tertiary alicyclic amines) is 1. The van der Waals surface area contributed by atoms with Gasteiger partial charge in [0.25, 0.3) is 0 Å². The second-order valence-corrected chi connectivity index (χ2v) is 8.42. The number of nitrogens with two attached hydrogens (primary N) is 1. The second kappa shape index (κ2) is 5.97. The Morgan fingerprint density at radius 1 is 1.29 bits per heavy atom. The number of aliphatic hydroxyl groups is 1. The Labute approximate surface area is 131 Å². The monoisotopic (exact) mass is 316 g/mol. The van der Waals surface area contributed by atoms with Crippen molar-refractivity contribution in [3.63, 3.8) is 0 Å². The van der Waals surface area contributed by atoms with E-state index in [-0.39, 0.29) is 6.09 Å². The minimum atomic E-state index is -0.862. The summed E-state index contributed by atoms with van der Waals surface area (Å²) in [6.45, 7) is 6.60. The zero-order chi connectivity index (χ0) is 15.7. The van der Waals surface area contributed by atoms with Crippen LogP contribution < -0.4 is 5.73 Å². The van der Waals surface area contributed by atoms with Crippen LogP contribution in [0.15, 0.2) is 0 Å². The van der Waals surface area contributed by atoms with Gasteiger partial charge in [0.1, 0.15) is 5.60 Å². The minimum absolute atomic E-state index is 0.298. The van der Waals surface area contributed by atoms with Crippen LogP contribution in [0.1, 0.15) is 46.5 Å². The summed E-state index contributed by atoms with van der Waals surface area (Å²) in [6, 6.07) is 0. The quantitative estimate of drug-likeness (QED) is 0.773. The predicted molar refractivity (Wildman–Crippen MR) is 85.5 cm³/mol. The van der Waals surface area contributed by atoms with E-state index in [0.717, 1.165) is 24.3 Å². The molecule has 2 fully saturated rings. The number of hydrogen-bond donors (Lipinski definition) is 2. The van der Waals surface area contributed by atoms with E-state index in [1.54, 1.807) is 4.90 Å². The number of hydrogen-bond acceptors (Lipinski definition) is 5. The Kier molecular flexibility index (Phi) is 4.81. The third-order valence-electron chi connectivity index (χ3n) is 4.44. The van der Waals surface area contributed by atoms with E-state index in [0.29, 0.717) is 25.9 Å². The van der Waals surface area contributed by atoms with Crippen LogP contribution in [0.2, 0.25) is 0 Å². The molecule has 2 aliphatic heterocycles. The van der Waals surface area contributed by atoms with Crippen LogP contribution >= 0.6 is 11.8 Å². The first-order chi connectivity index (χ1) is 9.65. The molecule has 2 aliphatic rings. The lowest BCUT2D eigenvalue weighted by molar-refractivity contribution is -0.0777. The van der Waals surface area contributed by atoms with Crippen LogP contribution in [0.5, 0.6) is 0 Å². The molecule has 0 saturated carbocycles. The van der Waals surface area contributed by atoms with Gasteiger partial charge in [-0.25, -0.2) is 4.79 Å². The number of carbonyl (C=O) groups is 1. The third-order valence-corrected chi connectivity index (χ3v) is 5.74. The molecule has 1 atom stereocenters. The Balaban J connectivity index is 1.94. The van der Waals surface area contributed by atoms with Gasteiger partial charge in [-0.15, -0.1) is 0 Å². The fourth-order valence-corrected chi connectivity index (χ4v) is 4.34. The molecule has 5 nitrogen and oxygen atoms in total. The lowest BCUT2D eigenvalue weighted by Gasteiger charge is -2.50. The van der Waals surface area contributed by atoms with Crippen molar-refractivity contribution in [2.75, 3.05) is 24.6 Å². The Morgan fingerprint density at radius 2 is 1.90 bits per heavy atom. The molecule has 2 rings (SSSR count). The number of thioether (sulfide) groups is 1. The highest BCUT2D eigenvalue weighted by Crippen LogP contribution is 2.39. The zero-order valence-corrected chi connectivity index (χ0v) is 14.2. The predicted octanol–water partition coefficient (Wildman–Crippen LogP) is 1.97. The van der Waals surface area contributed by atoms with Gasteiger partial charge in [0.2, 0.25) is 0 Å². The van der Waals surface area contributed by atoms with Gasteiger partial charge in [0.05, 0.1) is 11.1 Å². The average molecular weight is 316 g/mol. The van der Waals surface area contributed by atoms with Gasteiger partial charge >= 0.3 is 6.09 Å². The number of carbonyl (C=O) groups excluding carboxylic acids is 1. The van der Waals surface area contributed by atoms with E-state index in [1.165, 1.54) is 0 Å². The molecule has 0 aromatic carbocycles. The molecule has 0 bridgehead atoms. The fourth-order valence-electron chi connectivity index (χ4n) is 3.07. The summed E-state index contributed by atoms with van der Waals surface area (Å²) in [5.74, 6) is 1.93. The smallest absolute Gasteiger partial charge is 0.410 e. The number of rotatable bonds is 1. The van der Waals surface area contributed by atoms with Gasteiger partial charge < -0.3 is 20.5 Å². The van der Waals surface area contributed by atoms with Gasteiger partial charge in [-0.3, -0.25) is 0 Å². The zero-order valence-electron chi connectivity index (χ0n) is 13.4. The topological polar surface area (TPSA) is 75.8 Å². The van der Waals surface area contributed by atoms with E-state index >= 15 is 0 Å². The average Bonchev–Trinajstić information content (AvgIpc) is 2.38. The number of ether oxygens (including phenoxy) is 1. The van der Waals surface area contributed by atoms with Crippen molar-refractivity contribution in [2.24, 2.45) is 5.73 Å². The molecule has 6 heteroatoms. The molecule has 0 aromatic heterocycles. The summed E-state index contributed by atoms with van der Waals surface area (Å²) in [5, 5.41) is 11.0. The van der Waals surface area contributed by atoms with Crippen LogP contribution in [0.3, 0.4) is 0 Å². The lowest BCUT2D eigenvalue weighted by atomic mass is 9.72. The summed E-state index contributed by atoms with van der Waals surface area (Å²) in [6.07, 6.45) is 2.68. The molecule has 0 aliphatic carbocycles. The van der Waals surface area contributed by atoms with E-state index in [4.69, 9.17) is 10.5 Å². The summed E-state index contributed by atoms with van der Waals surface area (Å²) < 4.78 is 5.39. The van der Waals surface area contributed by atoms with Crippen molar-refractivity contribution in [2.45, 2.75) is 63.2 Å². The maximum atomic E-state index is 12.1. The van der Waals surface area contributed by atoms with Crippen LogP contribution in [0.4, 0.5) is 4.79 Å². The standard InChI is InChI=1S/C15H28N2O3S/c1-13(2,3)20-12(18)17-8-6-15(19,7-9-17)14(16)5-4-10-21-11-14/h19H,4-11,16H2,1-3H3. The molecule has 1 amide bonds. The Bertz CT molecular complexity index is 381. The molecule has 122 valence electrons. The van der Waals surface area contributed by atoms with Gasteiger partial charge in [-0.2, -0.15) is 11.8 Å². The molecule has 2 heterocycles. The maximum Gasteiger partial charge on any atom is 0.410 e. The van der Waals surface area contributed by atoms with Gasteiger partial charge in [-0.1, -0.05) is 0 Å². The number of piperidine rings is 1. The molecule has 0 aromatic rings. The fraction of sp³-hybridized carbons (Fsp3) is 0.933. The second-order valence-electron chi connectivity index (χ2n) is 7.31. The maximum absolute atomic E-state index is 12.1. The van der Waals surface area contributed by atoms with E-state index in [9.17, 15) is 9.90 Å². The Hall–Kier alpha value is -0.460. The first kappa shape index (κ1) is 16.9. The van der Waals surface area contributed by atoms with Gasteiger partial charge in [0.15, 0.2) is 0 Å². The van der Waals surface area contributed by atoms with E-state index < -0.39 is 16.7 Å². The minimum Gasteiger partial charge on any atom is -0.444 e. The number of nitrogens with zero attached hydrogens (tertiary/aromatic N) is 1. The van der Waals surface area contributed by atoms with Crippen molar-refractivity contribution in [1.29, 1.82) is 0 Å². The largest absolute Gasteiger partial charge is 0.444 e.